The number of carbonyl (C=O) groups excluding carboxylic acids is 3. The topological polar surface area (TPSA) is 194 Å². The van der Waals surface area contributed by atoms with Gasteiger partial charge in [-0.3, -0.25) is 29.5 Å². The van der Waals surface area contributed by atoms with Gasteiger partial charge < -0.3 is 30.0 Å². The molecule has 0 radical (unpaired) electrons. The average molecular weight is 925 g/mol. The number of hydrogen-bond donors (Lipinski definition) is 4. The van der Waals surface area contributed by atoms with Crippen molar-refractivity contribution in [1.29, 1.82) is 0 Å². The molecule has 0 atom stereocenters. The van der Waals surface area contributed by atoms with Gasteiger partial charge in [-0.1, -0.05) is 18.2 Å². The molecule has 6 aromatic rings. The smallest absolute Gasteiger partial charge is 0.259 e. The first-order chi connectivity index (χ1) is 31.8. The van der Waals surface area contributed by atoms with Gasteiger partial charge in [-0.2, -0.15) is 0 Å². The zero-order valence-corrected chi connectivity index (χ0v) is 38.4. The molecule has 5 heterocycles. The van der Waals surface area contributed by atoms with Crippen LogP contribution in [0.25, 0.3) is 22.3 Å². The second kappa shape index (κ2) is 22.2. The third kappa shape index (κ3) is 12.5. The number of piperazine rings is 1. The van der Waals surface area contributed by atoms with Crippen molar-refractivity contribution in [3.63, 3.8) is 0 Å². The Hall–Kier alpha value is -6.32. The summed E-state index contributed by atoms with van der Waals surface area (Å²) in [4.78, 5) is 65.2. The highest BCUT2D eigenvalue weighted by atomic mass is 32.1. The fraction of sp³-hybridized carbons (Fsp3) is 0.391. The van der Waals surface area contributed by atoms with E-state index in [2.05, 4.69) is 56.0 Å². The lowest BCUT2D eigenvalue weighted by Gasteiger charge is -2.34. The molecule has 0 bridgehead atoms. The number of rotatable bonds is 20. The maximum atomic E-state index is 15.1. The van der Waals surface area contributed by atoms with E-state index in [0.29, 0.717) is 66.4 Å². The summed E-state index contributed by atoms with van der Waals surface area (Å²) in [5.74, 6) is -0.693. The summed E-state index contributed by atoms with van der Waals surface area (Å²) in [5.41, 5.74) is 3.62. The van der Waals surface area contributed by atoms with Crippen LogP contribution in [0.2, 0.25) is 0 Å². The number of halogens is 2. The number of nitrogens with zero attached hydrogens (tertiary/aromatic N) is 8. The summed E-state index contributed by atoms with van der Waals surface area (Å²) >= 11 is 1.39. The Morgan fingerprint density at radius 3 is 2.30 bits per heavy atom. The van der Waals surface area contributed by atoms with Gasteiger partial charge in [0.05, 0.1) is 68.1 Å². The molecule has 1 aliphatic rings. The van der Waals surface area contributed by atoms with Gasteiger partial charge in [0.25, 0.3) is 5.91 Å². The van der Waals surface area contributed by atoms with Gasteiger partial charge in [0.2, 0.25) is 17.8 Å². The third-order valence-electron chi connectivity index (χ3n) is 10.9. The van der Waals surface area contributed by atoms with E-state index >= 15 is 8.78 Å². The lowest BCUT2D eigenvalue weighted by Crippen LogP contribution is -2.49. The number of hydrogen-bond acceptors (Lipinski definition) is 14. The summed E-state index contributed by atoms with van der Waals surface area (Å²) in [7, 11) is 0. The minimum absolute atomic E-state index is 0.0290. The molecule has 17 nitrogen and oxygen atoms in total. The first kappa shape index (κ1) is 47.6. The van der Waals surface area contributed by atoms with Gasteiger partial charge >= 0.3 is 0 Å². The summed E-state index contributed by atoms with van der Waals surface area (Å²) < 4.78 is 43.2. The van der Waals surface area contributed by atoms with Crippen LogP contribution in [0.3, 0.4) is 0 Å². The normalized spacial score (nSPS) is 13.3. The number of amides is 3. The molecule has 4 aromatic heterocycles. The van der Waals surface area contributed by atoms with Crippen LogP contribution in [-0.2, 0) is 25.6 Å². The summed E-state index contributed by atoms with van der Waals surface area (Å²) in [6.07, 6.45) is 2.91. The van der Waals surface area contributed by atoms with E-state index < -0.39 is 11.6 Å². The van der Waals surface area contributed by atoms with E-state index in [4.69, 9.17) is 9.47 Å². The van der Waals surface area contributed by atoms with Crippen LogP contribution in [0.4, 0.5) is 31.4 Å². The third-order valence-corrected chi connectivity index (χ3v) is 11.9. The first-order valence-electron chi connectivity index (χ1n) is 21.8. The number of aryl methyl sites for hydroxylation is 3. The van der Waals surface area contributed by atoms with Crippen molar-refractivity contribution in [2.45, 2.75) is 53.6 Å². The predicted octanol–water partition coefficient (Wildman–Crippen LogP) is 6.42. The lowest BCUT2D eigenvalue weighted by atomic mass is 10.1. The van der Waals surface area contributed by atoms with Crippen LogP contribution in [0, 0.1) is 32.4 Å². The predicted molar refractivity (Wildman–Crippen MR) is 249 cm³/mol. The molecule has 1 saturated heterocycles. The second-order valence-electron chi connectivity index (χ2n) is 16.1. The van der Waals surface area contributed by atoms with E-state index in [1.807, 2.05) is 45.3 Å². The molecule has 4 N–H and O–H groups in total. The molecule has 2 aromatic carbocycles. The number of nitrogens with one attached hydrogen (secondary N) is 4. The molecule has 7 rings (SSSR count). The SMILES string of the molecule is Cc1nc(NC(=O)c2ccccc2NC(=O)CCOCCOCCNC(=O)CN2CCN(Cc3ccc(Nc4ncc(F)c(-c5cc(F)c6nc(C)n(C(C)C)c6c5)n4)nc3)CC2)sc1C. The van der Waals surface area contributed by atoms with E-state index in [1.54, 1.807) is 42.6 Å². The quantitative estimate of drug-likeness (QED) is 0.0614. The molecule has 20 heteroatoms. The van der Waals surface area contributed by atoms with Crippen LogP contribution in [0.5, 0.6) is 0 Å². The molecule has 0 spiro atoms. The van der Waals surface area contributed by atoms with Crippen molar-refractivity contribution >= 4 is 62.7 Å². The van der Waals surface area contributed by atoms with Crippen molar-refractivity contribution in [2.24, 2.45) is 0 Å². The van der Waals surface area contributed by atoms with Crippen molar-refractivity contribution in [3.05, 3.63) is 100 Å². The number of carbonyl (C=O) groups is 3. The van der Waals surface area contributed by atoms with Crippen LogP contribution in [-0.4, -0.2) is 123 Å². The maximum Gasteiger partial charge on any atom is 0.259 e. The van der Waals surface area contributed by atoms with Gasteiger partial charge in [-0.25, -0.2) is 33.7 Å². The van der Waals surface area contributed by atoms with E-state index in [9.17, 15) is 14.4 Å². The van der Waals surface area contributed by atoms with Crippen molar-refractivity contribution in [3.8, 4) is 11.3 Å². The Kier molecular flexibility index (Phi) is 16.1. The van der Waals surface area contributed by atoms with Gasteiger partial charge in [-0.15, -0.1) is 11.3 Å². The maximum absolute atomic E-state index is 15.1. The van der Waals surface area contributed by atoms with E-state index in [-0.39, 0.29) is 66.1 Å². The van der Waals surface area contributed by atoms with E-state index in [0.717, 1.165) is 48.5 Å². The number of fused-ring (bicyclic) bond motifs is 1. The van der Waals surface area contributed by atoms with Crippen molar-refractivity contribution in [1.82, 2.24) is 44.6 Å². The number of ether oxygens (including phenoxy) is 2. The molecular weight excluding hydrogens is 871 g/mol. The minimum atomic E-state index is -0.680. The van der Waals surface area contributed by atoms with Crippen LogP contribution in [0.15, 0.2) is 60.9 Å². The van der Waals surface area contributed by atoms with E-state index in [1.165, 1.54) is 17.4 Å². The zero-order chi connectivity index (χ0) is 46.7. The number of imidazole rings is 1. The molecule has 0 aliphatic carbocycles. The summed E-state index contributed by atoms with van der Waals surface area (Å²) in [5, 5.41) is 12.0. The number of benzene rings is 2. The van der Waals surface area contributed by atoms with Crippen molar-refractivity contribution in [2.75, 3.05) is 81.6 Å². The number of aromatic nitrogens is 6. The second-order valence-corrected chi connectivity index (χ2v) is 17.3. The molecule has 0 saturated carbocycles. The summed E-state index contributed by atoms with van der Waals surface area (Å²) in [6.45, 7) is 15.1. The molecule has 66 heavy (non-hydrogen) atoms. The number of thiazole rings is 1. The lowest BCUT2D eigenvalue weighted by molar-refractivity contribution is -0.123. The van der Waals surface area contributed by atoms with Gasteiger partial charge in [-0.05, 0) is 70.5 Å². The Morgan fingerprint density at radius 2 is 1.58 bits per heavy atom. The molecule has 1 fully saturated rings. The Morgan fingerprint density at radius 1 is 0.818 bits per heavy atom. The Labute approximate surface area is 385 Å². The van der Waals surface area contributed by atoms with Crippen LogP contribution in [0.1, 0.15) is 58.6 Å². The first-order valence-corrected chi connectivity index (χ1v) is 22.6. The highest BCUT2D eigenvalue weighted by Crippen LogP contribution is 2.31. The number of anilines is 4. The molecular formula is C46H54F2N12O5S. The largest absolute Gasteiger partial charge is 0.379 e. The van der Waals surface area contributed by atoms with Crippen LogP contribution < -0.4 is 21.3 Å². The monoisotopic (exact) mass is 924 g/mol. The number of para-hydroxylation sites is 1. The molecule has 1 aliphatic heterocycles. The Balaban J connectivity index is 0.747. The fourth-order valence-corrected chi connectivity index (χ4v) is 8.27. The highest BCUT2D eigenvalue weighted by molar-refractivity contribution is 7.15. The highest BCUT2D eigenvalue weighted by Gasteiger charge is 2.21. The minimum Gasteiger partial charge on any atom is -0.379 e. The van der Waals surface area contributed by atoms with Gasteiger partial charge in [0.15, 0.2) is 16.8 Å². The fourth-order valence-electron chi connectivity index (χ4n) is 7.46. The average Bonchev–Trinajstić information content (AvgIpc) is 3.80. The molecule has 3 amide bonds. The molecule has 348 valence electrons. The van der Waals surface area contributed by atoms with Crippen molar-refractivity contribution < 1.29 is 32.6 Å². The van der Waals surface area contributed by atoms with Crippen LogP contribution >= 0.6 is 11.3 Å². The zero-order valence-electron chi connectivity index (χ0n) is 37.6. The van der Waals surface area contributed by atoms with Gasteiger partial charge in [0.1, 0.15) is 22.9 Å². The Bertz CT molecular complexity index is 2630. The van der Waals surface area contributed by atoms with Gasteiger partial charge in [0, 0.05) is 61.9 Å². The summed E-state index contributed by atoms with van der Waals surface area (Å²) in [6, 6.07) is 13.5. The molecule has 0 unspecified atom stereocenters. The number of pyridine rings is 1. The standard InChI is InChI=1S/C46H54F2N12O5S/c1-28(2)60-31(5)53-43-35(47)22-33(23-38(43)60)42-36(48)25-51-45(56-42)55-39-11-10-32(24-50-39)26-58-14-16-59(17-15-58)27-41(62)49-13-19-65-21-20-64-18-12-40(61)54-37-9-7-6-8-34(37)44(63)57-46-52-29(3)30(4)66-46/h6-11,22-25,28H,12-21,26-27H2,1-5H3,(H,49,62)(H,54,61)(H,52,57,63)(H,50,51,55,56).